The first-order valence-corrected chi connectivity index (χ1v) is 13.2. The van der Waals surface area contributed by atoms with Crippen molar-refractivity contribution in [2.24, 2.45) is 17.4 Å². The second-order valence-electron chi connectivity index (χ2n) is 9.21. The number of carboxylic acids is 1. The summed E-state index contributed by atoms with van der Waals surface area (Å²) in [5, 5.41) is 36.8. The molecular formula is C25H38N8O9. The Labute approximate surface area is 241 Å². The lowest BCUT2D eigenvalue weighted by Crippen LogP contribution is -2.54. The number of esters is 1. The zero-order valence-electron chi connectivity index (χ0n) is 23.4. The van der Waals surface area contributed by atoms with Crippen molar-refractivity contribution in [1.82, 2.24) is 16.0 Å². The number of benzene rings is 1. The van der Waals surface area contributed by atoms with Gasteiger partial charge in [0.15, 0.2) is 5.96 Å². The van der Waals surface area contributed by atoms with Crippen LogP contribution >= 0.6 is 0 Å². The van der Waals surface area contributed by atoms with Gasteiger partial charge in [0, 0.05) is 30.8 Å². The van der Waals surface area contributed by atoms with Gasteiger partial charge in [-0.05, 0) is 37.8 Å². The Morgan fingerprint density at radius 1 is 1.05 bits per heavy atom. The fourth-order valence-corrected chi connectivity index (χ4v) is 3.66. The van der Waals surface area contributed by atoms with Gasteiger partial charge in [-0.2, -0.15) is 0 Å². The van der Waals surface area contributed by atoms with Gasteiger partial charge >= 0.3 is 11.9 Å². The standard InChI is InChI=1S/C25H38N8O9/c1-3-16(4-2)42-24(39)21(32-19(34)13-30-23(38)18(26)9-10-20(35)36)17(11-12-29-25(27)28)22(37)31-14-5-7-15(8-6-14)33(40)41/h5-8,16-18,21H,3-4,9-13,26H2,1-2H3,(H,30,38)(H,31,37)(H,32,34)(H,35,36)(H4,27,28,29)/t17-,18+,21+/m1/s1. The number of rotatable bonds is 18. The number of amides is 3. The van der Waals surface area contributed by atoms with E-state index in [4.69, 9.17) is 26.7 Å². The van der Waals surface area contributed by atoms with Gasteiger partial charge in [-0.15, -0.1) is 0 Å². The number of nitrogens with zero attached hydrogens (tertiary/aromatic N) is 1. The number of hydrogen-bond donors (Lipinski definition) is 8. The topological polar surface area (TPSA) is 282 Å². The average Bonchev–Trinajstić information content (AvgIpc) is 2.94. The number of ether oxygens (including phenoxy) is 1. The SMILES string of the molecule is CCC(CC)OC(=O)[C@@H](NC(=O)CNC(=O)[C@@H](N)CCC(=O)O)[C@@H](CCNC(=N)N)C(=O)Nc1ccc([N+](=O)[O-])cc1. The normalized spacial score (nSPS) is 12.8. The molecule has 1 aromatic rings. The molecule has 0 saturated heterocycles. The fraction of sp³-hybridized carbons (Fsp3) is 0.520. The number of nitrogens with two attached hydrogens (primary N) is 2. The number of guanidine groups is 1. The molecule has 232 valence electrons. The Bertz CT molecular complexity index is 1130. The third-order valence-corrected chi connectivity index (χ3v) is 6.05. The number of nitro benzene ring substituents is 1. The van der Waals surface area contributed by atoms with Crippen molar-refractivity contribution in [2.45, 2.75) is 64.1 Å². The summed E-state index contributed by atoms with van der Waals surface area (Å²) in [5.74, 6) is -6.16. The first kappa shape index (κ1) is 35.2. The van der Waals surface area contributed by atoms with Crippen molar-refractivity contribution in [3.8, 4) is 0 Å². The van der Waals surface area contributed by atoms with Gasteiger partial charge in [-0.25, -0.2) is 4.79 Å². The lowest BCUT2D eigenvalue weighted by Gasteiger charge is -2.28. The molecular weight excluding hydrogens is 556 g/mol. The van der Waals surface area contributed by atoms with Crippen LogP contribution in [0, 0.1) is 21.4 Å². The van der Waals surface area contributed by atoms with Crippen LogP contribution in [0.1, 0.15) is 46.0 Å². The maximum atomic E-state index is 13.4. The third kappa shape index (κ3) is 12.6. The summed E-state index contributed by atoms with van der Waals surface area (Å²) in [6.07, 6.45) is -0.241. The first-order chi connectivity index (χ1) is 19.8. The molecule has 1 aromatic carbocycles. The summed E-state index contributed by atoms with van der Waals surface area (Å²) in [6.45, 7) is 2.88. The van der Waals surface area contributed by atoms with Crippen molar-refractivity contribution in [2.75, 3.05) is 18.4 Å². The number of nitro groups is 1. The number of hydrogen-bond acceptors (Lipinski definition) is 10. The number of non-ortho nitro benzene ring substituents is 1. The number of anilines is 1. The van der Waals surface area contributed by atoms with Gasteiger partial charge in [-0.1, -0.05) is 13.8 Å². The minimum absolute atomic E-state index is 0.0481. The van der Waals surface area contributed by atoms with E-state index in [1.165, 1.54) is 24.3 Å². The van der Waals surface area contributed by atoms with Gasteiger partial charge in [0.1, 0.15) is 12.1 Å². The van der Waals surface area contributed by atoms with Crippen LogP contribution in [-0.4, -0.2) is 76.9 Å². The van der Waals surface area contributed by atoms with Gasteiger partial charge < -0.3 is 42.6 Å². The van der Waals surface area contributed by atoms with Crippen LogP contribution in [0.3, 0.4) is 0 Å². The maximum absolute atomic E-state index is 13.4. The second-order valence-corrected chi connectivity index (χ2v) is 9.21. The molecule has 0 radical (unpaired) electrons. The van der Waals surface area contributed by atoms with Crippen molar-refractivity contribution in [3.05, 3.63) is 34.4 Å². The highest BCUT2D eigenvalue weighted by Crippen LogP contribution is 2.19. The minimum Gasteiger partial charge on any atom is -0.481 e. The van der Waals surface area contributed by atoms with Gasteiger partial charge in [-0.3, -0.25) is 34.7 Å². The molecule has 17 heteroatoms. The molecule has 0 aliphatic rings. The molecule has 0 saturated carbocycles. The van der Waals surface area contributed by atoms with Gasteiger partial charge in [0.2, 0.25) is 17.7 Å². The Kier molecular flexibility index (Phi) is 14.9. The van der Waals surface area contributed by atoms with E-state index in [0.717, 1.165) is 0 Å². The molecule has 0 fully saturated rings. The summed E-state index contributed by atoms with van der Waals surface area (Å²) in [7, 11) is 0. The van der Waals surface area contributed by atoms with Crippen molar-refractivity contribution >= 4 is 47.0 Å². The molecule has 1 rings (SSSR count). The highest BCUT2D eigenvalue weighted by molar-refractivity contribution is 5.98. The largest absolute Gasteiger partial charge is 0.481 e. The van der Waals surface area contributed by atoms with E-state index in [9.17, 15) is 34.1 Å². The molecule has 0 aliphatic heterocycles. The molecule has 0 aromatic heterocycles. The van der Waals surface area contributed by atoms with Crippen molar-refractivity contribution in [1.29, 1.82) is 5.41 Å². The summed E-state index contributed by atoms with van der Waals surface area (Å²) in [6, 6.07) is 2.18. The predicted molar refractivity (Wildman–Crippen MR) is 150 cm³/mol. The Morgan fingerprint density at radius 3 is 2.19 bits per heavy atom. The highest BCUT2D eigenvalue weighted by Gasteiger charge is 2.37. The van der Waals surface area contributed by atoms with Crippen LogP contribution < -0.4 is 32.7 Å². The van der Waals surface area contributed by atoms with Crippen LogP contribution in [0.2, 0.25) is 0 Å². The predicted octanol–water partition coefficient (Wildman–Crippen LogP) is -0.452. The van der Waals surface area contributed by atoms with Crippen LogP contribution in [0.25, 0.3) is 0 Å². The average molecular weight is 595 g/mol. The number of carbonyl (C=O) groups is 5. The third-order valence-electron chi connectivity index (χ3n) is 6.05. The van der Waals surface area contributed by atoms with E-state index in [2.05, 4.69) is 21.3 Å². The molecule has 0 aliphatic carbocycles. The van der Waals surface area contributed by atoms with Crippen LogP contribution in [0.4, 0.5) is 11.4 Å². The zero-order chi connectivity index (χ0) is 31.8. The number of nitrogens with one attached hydrogen (secondary N) is 5. The molecule has 0 spiro atoms. The molecule has 3 amide bonds. The van der Waals surface area contributed by atoms with E-state index in [1.807, 2.05) is 0 Å². The lowest BCUT2D eigenvalue weighted by atomic mass is 9.94. The van der Waals surface area contributed by atoms with Crippen LogP contribution in [0.5, 0.6) is 0 Å². The molecule has 10 N–H and O–H groups in total. The minimum atomic E-state index is -1.55. The van der Waals surface area contributed by atoms with E-state index >= 15 is 0 Å². The van der Waals surface area contributed by atoms with Gasteiger partial charge in [0.05, 0.1) is 23.4 Å². The van der Waals surface area contributed by atoms with Crippen LogP contribution in [-0.2, 0) is 28.7 Å². The lowest BCUT2D eigenvalue weighted by molar-refractivity contribution is -0.384. The Morgan fingerprint density at radius 2 is 1.67 bits per heavy atom. The fourth-order valence-electron chi connectivity index (χ4n) is 3.66. The molecule has 0 unspecified atom stereocenters. The molecule has 17 nitrogen and oxygen atoms in total. The molecule has 0 bridgehead atoms. The van der Waals surface area contributed by atoms with E-state index in [1.54, 1.807) is 13.8 Å². The molecule has 42 heavy (non-hydrogen) atoms. The second kappa shape index (κ2) is 17.8. The number of carbonyl (C=O) groups excluding carboxylic acids is 4. The smallest absolute Gasteiger partial charge is 0.329 e. The molecule has 0 heterocycles. The van der Waals surface area contributed by atoms with Crippen molar-refractivity contribution in [3.63, 3.8) is 0 Å². The van der Waals surface area contributed by atoms with E-state index < -0.39 is 71.2 Å². The highest BCUT2D eigenvalue weighted by atomic mass is 16.6. The summed E-state index contributed by atoms with van der Waals surface area (Å²) in [4.78, 5) is 72.7. The quantitative estimate of drug-likeness (QED) is 0.0352. The number of carboxylic acid groups (broad SMARTS) is 1. The van der Waals surface area contributed by atoms with Crippen LogP contribution in [0.15, 0.2) is 24.3 Å². The summed E-state index contributed by atoms with van der Waals surface area (Å²) in [5.41, 5.74) is 11.0. The summed E-state index contributed by atoms with van der Waals surface area (Å²) >= 11 is 0. The molecule has 3 atom stereocenters. The zero-order valence-corrected chi connectivity index (χ0v) is 23.4. The Hall–Kier alpha value is -4.80. The Balaban J connectivity index is 3.20. The number of aliphatic carboxylic acids is 1. The van der Waals surface area contributed by atoms with Crippen molar-refractivity contribution < 1.29 is 38.7 Å². The van der Waals surface area contributed by atoms with E-state index in [-0.39, 0.29) is 37.2 Å². The monoisotopic (exact) mass is 594 g/mol. The first-order valence-electron chi connectivity index (χ1n) is 13.2. The maximum Gasteiger partial charge on any atom is 0.329 e. The van der Waals surface area contributed by atoms with E-state index in [0.29, 0.717) is 12.8 Å². The summed E-state index contributed by atoms with van der Waals surface area (Å²) < 4.78 is 5.52. The van der Waals surface area contributed by atoms with Gasteiger partial charge in [0.25, 0.3) is 5.69 Å².